The van der Waals surface area contributed by atoms with Crippen LogP contribution in [-0.2, 0) is 0 Å². The molecule has 2 fully saturated rings. The number of hydrogen-bond donors (Lipinski definition) is 2. The zero-order chi connectivity index (χ0) is 8.66. The summed E-state index contributed by atoms with van der Waals surface area (Å²) in [6.45, 7) is 1.49. The Hall–Kier alpha value is -0.150. The second kappa shape index (κ2) is 2.67. The van der Waals surface area contributed by atoms with E-state index in [0.717, 1.165) is 25.9 Å². The van der Waals surface area contributed by atoms with E-state index in [1.165, 1.54) is 0 Å². The summed E-state index contributed by atoms with van der Waals surface area (Å²) in [6, 6.07) is 0. The van der Waals surface area contributed by atoms with E-state index in [1.807, 2.05) is 0 Å². The Labute approximate surface area is 72.2 Å². The molecule has 1 spiro atoms. The topological polar surface area (TPSA) is 32.3 Å². The van der Waals surface area contributed by atoms with Crippen molar-refractivity contribution >= 4 is 0 Å². The van der Waals surface area contributed by atoms with Gasteiger partial charge in [0.05, 0.1) is 5.60 Å². The van der Waals surface area contributed by atoms with Crippen LogP contribution in [0.2, 0.25) is 0 Å². The zero-order valence-electron chi connectivity index (χ0n) is 7.27. The fraction of sp³-hybridized carbons (Fsp3) is 1.00. The molecule has 0 bridgehead atoms. The first kappa shape index (κ1) is 8.45. The van der Waals surface area contributed by atoms with Crippen LogP contribution in [-0.4, -0.2) is 30.5 Å². The fourth-order valence-electron chi connectivity index (χ4n) is 2.75. The number of alkyl halides is 1. The van der Waals surface area contributed by atoms with Crippen molar-refractivity contribution in [3.8, 4) is 0 Å². The van der Waals surface area contributed by atoms with E-state index in [-0.39, 0.29) is 5.41 Å². The van der Waals surface area contributed by atoms with E-state index in [0.29, 0.717) is 12.8 Å². The molecule has 2 nitrogen and oxygen atoms in total. The summed E-state index contributed by atoms with van der Waals surface area (Å²) in [7, 11) is 0. The first-order valence-corrected chi connectivity index (χ1v) is 4.67. The summed E-state index contributed by atoms with van der Waals surface area (Å²) in [4.78, 5) is 0. The molecule has 0 aromatic rings. The number of hydrogen-bond acceptors (Lipinski definition) is 2. The maximum absolute atomic E-state index is 12.3. The predicted octanol–water partition coefficient (Wildman–Crippen LogP) is 0.851. The molecule has 12 heavy (non-hydrogen) atoms. The lowest BCUT2D eigenvalue weighted by molar-refractivity contribution is -0.149. The molecule has 1 saturated heterocycles. The molecule has 1 saturated carbocycles. The first-order chi connectivity index (χ1) is 5.68. The lowest BCUT2D eigenvalue weighted by Gasteiger charge is -2.54. The molecule has 1 aliphatic carbocycles. The minimum atomic E-state index is -0.961. The third-order valence-electron chi connectivity index (χ3n) is 3.32. The highest BCUT2D eigenvalue weighted by molar-refractivity contribution is 5.05. The smallest absolute Gasteiger partial charge is 0.118 e. The summed E-state index contributed by atoms with van der Waals surface area (Å²) in [5.74, 6) is 0. The Balaban J connectivity index is 1.92. The van der Waals surface area contributed by atoms with Gasteiger partial charge in [0.15, 0.2) is 0 Å². The molecule has 1 heterocycles. The molecule has 2 aliphatic rings. The van der Waals surface area contributed by atoms with E-state index >= 15 is 0 Å². The van der Waals surface area contributed by atoms with Crippen LogP contribution in [0.3, 0.4) is 0 Å². The first-order valence-electron chi connectivity index (χ1n) is 4.67. The van der Waals surface area contributed by atoms with Crippen molar-refractivity contribution < 1.29 is 9.50 Å². The number of piperidine rings is 1. The number of rotatable bonds is 1. The second-order valence-electron chi connectivity index (χ2n) is 4.46. The van der Waals surface area contributed by atoms with Gasteiger partial charge in [-0.3, -0.25) is 0 Å². The SMILES string of the molecule is OC1(CF)CC2(CCNCC2)C1. The molecule has 0 aromatic carbocycles. The molecule has 0 unspecified atom stereocenters. The normalized spacial score (nSPS) is 31.5. The van der Waals surface area contributed by atoms with Crippen molar-refractivity contribution in [2.24, 2.45) is 5.41 Å². The van der Waals surface area contributed by atoms with Crippen LogP contribution in [0.15, 0.2) is 0 Å². The summed E-state index contributed by atoms with van der Waals surface area (Å²) in [5, 5.41) is 12.8. The zero-order valence-corrected chi connectivity index (χ0v) is 7.27. The van der Waals surface area contributed by atoms with Gasteiger partial charge >= 0.3 is 0 Å². The number of aliphatic hydroxyl groups is 1. The van der Waals surface area contributed by atoms with Gasteiger partial charge in [0, 0.05) is 0 Å². The molecule has 0 aromatic heterocycles. The Bertz CT molecular complexity index is 169. The van der Waals surface area contributed by atoms with E-state index < -0.39 is 12.3 Å². The molecular weight excluding hydrogens is 157 g/mol. The summed E-state index contributed by atoms with van der Waals surface area (Å²) < 4.78 is 12.3. The van der Waals surface area contributed by atoms with E-state index in [2.05, 4.69) is 5.32 Å². The minimum Gasteiger partial charge on any atom is -0.387 e. The highest BCUT2D eigenvalue weighted by Gasteiger charge is 2.53. The summed E-state index contributed by atoms with van der Waals surface area (Å²) in [5.41, 5.74) is -0.677. The monoisotopic (exact) mass is 173 g/mol. The van der Waals surface area contributed by atoms with Crippen LogP contribution in [0.4, 0.5) is 4.39 Å². The quantitative estimate of drug-likeness (QED) is 0.616. The minimum absolute atomic E-state index is 0.284. The summed E-state index contributed by atoms with van der Waals surface area (Å²) in [6.07, 6.45) is 3.57. The van der Waals surface area contributed by atoms with Gasteiger partial charge in [-0.1, -0.05) is 0 Å². The maximum Gasteiger partial charge on any atom is 0.118 e. The second-order valence-corrected chi connectivity index (χ2v) is 4.46. The Morgan fingerprint density at radius 1 is 1.25 bits per heavy atom. The largest absolute Gasteiger partial charge is 0.387 e. The van der Waals surface area contributed by atoms with Crippen LogP contribution in [0.25, 0.3) is 0 Å². The molecule has 2 N–H and O–H groups in total. The van der Waals surface area contributed by atoms with Gasteiger partial charge in [-0.2, -0.15) is 0 Å². The molecule has 3 heteroatoms. The molecule has 1 aliphatic heterocycles. The average molecular weight is 173 g/mol. The Morgan fingerprint density at radius 2 is 1.83 bits per heavy atom. The van der Waals surface area contributed by atoms with Gasteiger partial charge in [0.1, 0.15) is 6.67 Å². The molecule has 70 valence electrons. The van der Waals surface area contributed by atoms with Crippen molar-refractivity contribution in [2.75, 3.05) is 19.8 Å². The lowest BCUT2D eigenvalue weighted by Crippen LogP contribution is -2.56. The van der Waals surface area contributed by atoms with Crippen molar-refractivity contribution in [3.63, 3.8) is 0 Å². The van der Waals surface area contributed by atoms with E-state index in [4.69, 9.17) is 0 Å². The standard InChI is InChI=1S/C9H16FNO/c10-7-9(12)5-8(6-9)1-3-11-4-2-8/h11-12H,1-7H2. The highest BCUT2D eigenvalue weighted by atomic mass is 19.1. The van der Waals surface area contributed by atoms with Crippen molar-refractivity contribution in [1.29, 1.82) is 0 Å². The molecule has 0 radical (unpaired) electrons. The summed E-state index contributed by atoms with van der Waals surface area (Å²) >= 11 is 0. The van der Waals surface area contributed by atoms with Crippen LogP contribution in [0.1, 0.15) is 25.7 Å². The van der Waals surface area contributed by atoms with Crippen LogP contribution < -0.4 is 5.32 Å². The lowest BCUT2D eigenvalue weighted by atomic mass is 9.56. The Kier molecular flexibility index (Phi) is 1.88. The maximum atomic E-state index is 12.3. The van der Waals surface area contributed by atoms with E-state index in [9.17, 15) is 9.50 Å². The van der Waals surface area contributed by atoms with Crippen LogP contribution in [0.5, 0.6) is 0 Å². The third kappa shape index (κ3) is 1.25. The van der Waals surface area contributed by atoms with Crippen LogP contribution in [0, 0.1) is 5.41 Å². The van der Waals surface area contributed by atoms with Gasteiger partial charge in [0.25, 0.3) is 0 Å². The van der Waals surface area contributed by atoms with Gasteiger partial charge in [-0.15, -0.1) is 0 Å². The van der Waals surface area contributed by atoms with Crippen LogP contribution >= 0.6 is 0 Å². The third-order valence-corrected chi connectivity index (χ3v) is 3.32. The highest BCUT2D eigenvalue weighted by Crippen LogP contribution is 2.53. The molecule has 2 rings (SSSR count). The molecule has 0 atom stereocenters. The van der Waals surface area contributed by atoms with Gasteiger partial charge in [-0.25, -0.2) is 4.39 Å². The Morgan fingerprint density at radius 3 is 2.33 bits per heavy atom. The number of halogens is 1. The number of nitrogens with one attached hydrogen (secondary N) is 1. The van der Waals surface area contributed by atoms with Crippen molar-refractivity contribution in [3.05, 3.63) is 0 Å². The molecular formula is C9H16FNO. The molecule has 0 amide bonds. The van der Waals surface area contributed by atoms with Gasteiger partial charge < -0.3 is 10.4 Å². The average Bonchev–Trinajstić information content (AvgIpc) is 2.04. The van der Waals surface area contributed by atoms with Gasteiger partial charge in [-0.05, 0) is 44.2 Å². The van der Waals surface area contributed by atoms with E-state index in [1.54, 1.807) is 0 Å². The van der Waals surface area contributed by atoms with Crippen molar-refractivity contribution in [1.82, 2.24) is 5.32 Å². The van der Waals surface area contributed by atoms with Crippen molar-refractivity contribution in [2.45, 2.75) is 31.3 Å². The fourth-order valence-corrected chi connectivity index (χ4v) is 2.75. The predicted molar refractivity (Wildman–Crippen MR) is 44.7 cm³/mol. The van der Waals surface area contributed by atoms with Gasteiger partial charge in [0.2, 0.25) is 0 Å².